The second kappa shape index (κ2) is 8.75. The summed E-state index contributed by atoms with van der Waals surface area (Å²) in [7, 11) is 0. The summed E-state index contributed by atoms with van der Waals surface area (Å²) in [6, 6.07) is 16.3. The first kappa shape index (κ1) is 19.1. The molecule has 0 aliphatic heterocycles. The molecular weight excluding hydrogens is 332 g/mol. The molecule has 0 fully saturated rings. The Morgan fingerprint density at radius 1 is 0.923 bits per heavy atom. The fourth-order valence-corrected chi connectivity index (χ4v) is 1.89. The molecule has 2 rings (SSSR count). The van der Waals surface area contributed by atoms with Crippen LogP contribution in [-0.4, -0.2) is 24.1 Å². The van der Waals surface area contributed by atoms with Gasteiger partial charge >= 0.3 is 6.09 Å². The van der Waals surface area contributed by atoms with Crippen molar-refractivity contribution < 1.29 is 14.3 Å². The molecule has 0 aliphatic rings. The number of anilines is 1. The van der Waals surface area contributed by atoms with Crippen molar-refractivity contribution in [3.05, 3.63) is 54.6 Å². The van der Waals surface area contributed by atoms with Gasteiger partial charge in [0.15, 0.2) is 0 Å². The summed E-state index contributed by atoms with van der Waals surface area (Å²) < 4.78 is 5.06. The van der Waals surface area contributed by atoms with E-state index < -0.39 is 11.7 Å². The summed E-state index contributed by atoms with van der Waals surface area (Å²) in [5, 5.41) is 13.3. The summed E-state index contributed by atoms with van der Waals surface area (Å²) in [6.45, 7) is 5.08. The number of alkyl carbamates (subject to hydrolysis) is 1. The van der Waals surface area contributed by atoms with Crippen LogP contribution in [0.3, 0.4) is 0 Å². The molecule has 0 unspecified atom stereocenters. The Hall–Kier alpha value is -3.22. The van der Waals surface area contributed by atoms with Gasteiger partial charge in [-0.05, 0) is 57.2 Å². The number of hydrogen-bond acceptors (Lipinski definition) is 5. The van der Waals surface area contributed by atoms with Crippen molar-refractivity contribution in [2.75, 3.05) is 11.9 Å². The summed E-state index contributed by atoms with van der Waals surface area (Å²) in [4.78, 5) is 23.4. The van der Waals surface area contributed by atoms with Crippen LogP contribution in [0.2, 0.25) is 0 Å². The van der Waals surface area contributed by atoms with E-state index in [2.05, 4.69) is 20.9 Å². The average molecular weight is 354 g/mol. The molecule has 136 valence electrons. The number of nitrogens with one attached hydrogen (secondary N) is 2. The molecule has 7 nitrogen and oxygen atoms in total. The van der Waals surface area contributed by atoms with Crippen LogP contribution in [-0.2, 0) is 9.53 Å². The largest absolute Gasteiger partial charge is 0.444 e. The third-order valence-electron chi connectivity index (χ3n) is 2.98. The monoisotopic (exact) mass is 354 g/mol. The zero-order valence-corrected chi connectivity index (χ0v) is 15.0. The van der Waals surface area contributed by atoms with E-state index in [1.54, 1.807) is 45.0 Å². The Kier molecular flexibility index (Phi) is 6.43. The SMILES string of the molecule is CC(C)(C)OC(=O)NCC(=O)Nc1ccc(N=Nc2ccccc2)cc1. The lowest BCUT2D eigenvalue weighted by Gasteiger charge is -2.19. The Morgan fingerprint density at radius 2 is 1.50 bits per heavy atom. The van der Waals surface area contributed by atoms with Crippen molar-refractivity contribution in [1.29, 1.82) is 0 Å². The Morgan fingerprint density at radius 3 is 2.08 bits per heavy atom. The Bertz CT molecular complexity index is 766. The van der Waals surface area contributed by atoms with Crippen LogP contribution in [0.5, 0.6) is 0 Å². The van der Waals surface area contributed by atoms with Gasteiger partial charge < -0.3 is 15.4 Å². The van der Waals surface area contributed by atoms with Gasteiger partial charge in [-0.2, -0.15) is 10.2 Å². The molecule has 0 saturated heterocycles. The number of azo groups is 1. The standard InChI is InChI=1S/C19H22N4O3/c1-19(2,3)26-18(25)20-13-17(24)21-14-9-11-16(12-10-14)23-22-15-7-5-4-6-8-15/h4-12H,13H2,1-3H3,(H,20,25)(H,21,24). The summed E-state index contributed by atoms with van der Waals surface area (Å²) in [6.07, 6.45) is -0.635. The summed E-state index contributed by atoms with van der Waals surface area (Å²) in [5.41, 5.74) is 1.42. The zero-order chi connectivity index (χ0) is 19.0. The Labute approximate surface area is 152 Å². The quantitative estimate of drug-likeness (QED) is 0.771. The normalized spacial score (nSPS) is 11.2. The van der Waals surface area contributed by atoms with Gasteiger partial charge in [0.1, 0.15) is 12.1 Å². The summed E-state index contributed by atoms with van der Waals surface area (Å²) in [5.74, 6) is -0.352. The van der Waals surface area contributed by atoms with Gasteiger partial charge in [-0.1, -0.05) is 18.2 Å². The minimum absolute atomic E-state index is 0.176. The van der Waals surface area contributed by atoms with Gasteiger partial charge in [0.2, 0.25) is 5.91 Å². The molecule has 0 saturated carbocycles. The van der Waals surface area contributed by atoms with Crippen LogP contribution < -0.4 is 10.6 Å². The van der Waals surface area contributed by atoms with Crippen LogP contribution in [0.25, 0.3) is 0 Å². The van der Waals surface area contributed by atoms with Crippen LogP contribution in [0.1, 0.15) is 20.8 Å². The topological polar surface area (TPSA) is 92.1 Å². The van der Waals surface area contributed by atoms with Crippen LogP contribution in [0.15, 0.2) is 64.8 Å². The highest BCUT2D eigenvalue weighted by Gasteiger charge is 2.16. The van der Waals surface area contributed by atoms with E-state index in [1.807, 2.05) is 30.3 Å². The van der Waals surface area contributed by atoms with Crippen LogP contribution in [0, 0.1) is 0 Å². The molecule has 0 heterocycles. The van der Waals surface area contributed by atoms with Gasteiger partial charge in [0.25, 0.3) is 0 Å². The highest BCUT2D eigenvalue weighted by molar-refractivity contribution is 5.93. The Balaban J connectivity index is 1.82. The molecule has 0 aromatic heterocycles. The predicted octanol–water partition coefficient (Wildman–Crippen LogP) is 4.57. The maximum absolute atomic E-state index is 11.9. The fraction of sp³-hybridized carbons (Fsp3) is 0.263. The molecule has 2 N–H and O–H groups in total. The minimum Gasteiger partial charge on any atom is -0.444 e. The number of carbonyl (C=O) groups excluding carboxylic acids is 2. The van der Waals surface area contributed by atoms with Crippen molar-refractivity contribution >= 4 is 29.1 Å². The third kappa shape index (κ3) is 7.12. The molecule has 2 aromatic rings. The molecule has 0 radical (unpaired) electrons. The first-order chi connectivity index (χ1) is 12.3. The minimum atomic E-state index is -0.635. The van der Waals surface area contributed by atoms with E-state index in [0.29, 0.717) is 11.4 Å². The van der Waals surface area contributed by atoms with Gasteiger partial charge in [-0.25, -0.2) is 4.79 Å². The molecule has 2 aromatic carbocycles. The summed E-state index contributed by atoms with van der Waals surface area (Å²) >= 11 is 0. The molecule has 0 atom stereocenters. The number of amides is 2. The van der Waals surface area contributed by atoms with Crippen molar-refractivity contribution in [3.8, 4) is 0 Å². The average Bonchev–Trinajstić information content (AvgIpc) is 2.59. The van der Waals surface area contributed by atoms with Gasteiger partial charge in [0, 0.05) is 5.69 Å². The van der Waals surface area contributed by atoms with Crippen molar-refractivity contribution in [2.45, 2.75) is 26.4 Å². The van der Waals surface area contributed by atoms with Crippen LogP contribution in [0.4, 0.5) is 21.9 Å². The second-order valence-electron chi connectivity index (χ2n) is 6.49. The lowest BCUT2D eigenvalue weighted by atomic mass is 10.2. The number of hydrogen-bond donors (Lipinski definition) is 2. The lowest BCUT2D eigenvalue weighted by molar-refractivity contribution is -0.115. The van der Waals surface area contributed by atoms with Gasteiger partial charge in [-0.3, -0.25) is 4.79 Å². The first-order valence-electron chi connectivity index (χ1n) is 8.15. The third-order valence-corrected chi connectivity index (χ3v) is 2.98. The van der Waals surface area contributed by atoms with Crippen LogP contribution >= 0.6 is 0 Å². The molecule has 2 amide bonds. The first-order valence-corrected chi connectivity index (χ1v) is 8.15. The van der Waals surface area contributed by atoms with Crippen molar-refractivity contribution in [2.24, 2.45) is 10.2 Å². The number of rotatable bonds is 5. The fourth-order valence-electron chi connectivity index (χ4n) is 1.89. The van der Waals surface area contributed by atoms with E-state index in [4.69, 9.17) is 4.74 Å². The highest BCUT2D eigenvalue weighted by atomic mass is 16.6. The molecule has 26 heavy (non-hydrogen) atoms. The molecule has 0 bridgehead atoms. The number of ether oxygens (including phenoxy) is 1. The van der Waals surface area contributed by atoms with E-state index in [0.717, 1.165) is 5.69 Å². The van der Waals surface area contributed by atoms with E-state index in [1.165, 1.54) is 0 Å². The van der Waals surface area contributed by atoms with Gasteiger partial charge in [-0.15, -0.1) is 0 Å². The maximum atomic E-state index is 11.9. The maximum Gasteiger partial charge on any atom is 0.408 e. The number of benzene rings is 2. The zero-order valence-electron chi connectivity index (χ0n) is 15.0. The van der Waals surface area contributed by atoms with Crippen molar-refractivity contribution in [3.63, 3.8) is 0 Å². The predicted molar refractivity (Wildman–Crippen MR) is 99.9 cm³/mol. The molecule has 7 heteroatoms. The van der Waals surface area contributed by atoms with E-state index in [-0.39, 0.29) is 12.5 Å². The molecule has 0 aliphatic carbocycles. The molecule has 0 spiro atoms. The number of nitrogens with zero attached hydrogens (tertiary/aromatic N) is 2. The van der Waals surface area contributed by atoms with Gasteiger partial charge in [0.05, 0.1) is 11.4 Å². The smallest absolute Gasteiger partial charge is 0.408 e. The van der Waals surface area contributed by atoms with Crippen molar-refractivity contribution in [1.82, 2.24) is 5.32 Å². The molecular formula is C19H22N4O3. The van der Waals surface area contributed by atoms with E-state index >= 15 is 0 Å². The second-order valence-corrected chi connectivity index (χ2v) is 6.49. The number of carbonyl (C=O) groups is 2. The van der Waals surface area contributed by atoms with E-state index in [9.17, 15) is 9.59 Å². The lowest BCUT2D eigenvalue weighted by Crippen LogP contribution is -2.37. The highest BCUT2D eigenvalue weighted by Crippen LogP contribution is 2.19.